The van der Waals surface area contributed by atoms with E-state index < -0.39 is 0 Å². The van der Waals surface area contributed by atoms with E-state index >= 15 is 0 Å². The standard InChI is InChI=1S/C16H23ClN4OS/c1-3-21(4-2)10-6-5-9-18-15(22)20-16-19-13-8-7-12(17)11-14(13)23-16/h7-8,11H,3-6,9-10H2,1-2H3,(H2,18,19,20,22). The van der Waals surface area contributed by atoms with Gasteiger partial charge in [-0.1, -0.05) is 36.8 Å². The molecule has 2 amide bonds. The number of carbonyl (C=O) groups excluding carboxylic acids is 1. The summed E-state index contributed by atoms with van der Waals surface area (Å²) in [4.78, 5) is 18.6. The maximum absolute atomic E-state index is 11.9. The van der Waals surface area contributed by atoms with Crippen molar-refractivity contribution in [1.82, 2.24) is 15.2 Å². The van der Waals surface area contributed by atoms with Crippen LogP contribution in [0.15, 0.2) is 18.2 Å². The van der Waals surface area contributed by atoms with Crippen LogP contribution in [0.2, 0.25) is 5.02 Å². The van der Waals surface area contributed by atoms with Gasteiger partial charge in [-0.25, -0.2) is 9.78 Å². The van der Waals surface area contributed by atoms with Gasteiger partial charge in [0.2, 0.25) is 0 Å². The van der Waals surface area contributed by atoms with E-state index in [1.54, 1.807) is 6.07 Å². The van der Waals surface area contributed by atoms with E-state index in [0.717, 1.165) is 42.7 Å². The van der Waals surface area contributed by atoms with Crippen molar-refractivity contribution in [1.29, 1.82) is 0 Å². The zero-order chi connectivity index (χ0) is 16.7. The maximum atomic E-state index is 11.9. The number of carbonyl (C=O) groups is 1. The number of nitrogens with one attached hydrogen (secondary N) is 2. The highest BCUT2D eigenvalue weighted by Crippen LogP contribution is 2.28. The number of benzene rings is 1. The summed E-state index contributed by atoms with van der Waals surface area (Å²) in [7, 11) is 0. The van der Waals surface area contributed by atoms with Crippen molar-refractivity contribution in [2.24, 2.45) is 0 Å². The molecule has 0 aliphatic rings. The third-order valence-corrected chi connectivity index (χ3v) is 4.82. The molecule has 0 fully saturated rings. The largest absolute Gasteiger partial charge is 0.338 e. The molecule has 0 aliphatic heterocycles. The van der Waals surface area contributed by atoms with Gasteiger partial charge in [0.1, 0.15) is 0 Å². The monoisotopic (exact) mass is 354 g/mol. The molecule has 0 bridgehead atoms. The van der Waals surface area contributed by atoms with Gasteiger partial charge in [-0.15, -0.1) is 0 Å². The Hall–Kier alpha value is -1.37. The number of nitrogens with zero attached hydrogens (tertiary/aromatic N) is 2. The molecule has 126 valence electrons. The van der Waals surface area contributed by atoms with Gasteiger partial charge in [-0.3, -0.25) is 5.32 Å². The quantitative estimate of drug-likeness (QED) is 0.699. The molecule has 23 heavy (non-hydrogen) atoms. The Balaban J connectivity index is 1.71. The third kappa shape index (κ3) is 5.64. The second-order valence-corrected chi connectivity index (χ2v) is 6.71. The van der Waals surface area contributed by atoms with Crippen molar-refractivity contribution in [2.75, 3.05) is 31.5 Å². The minimum absolute atomic E-state index is 0.210. The molecule has 7 heteroatoms. The number of fused-ring (bicyclic) bond motifs is 1. The fourth-order valence-electron chi connectivity index (χ4n) is 2.30. The van der Waals surface area contributed by atoms with Crippen molar-refractivity contribution in [3.8, 4) is 0 Å². The predicted octanol–water partition coefficient (Wildman–Crippen LogP) is 4.19. The summed E-state index contributed by atoms with van der Waals surface area (Å²) in [5.74, 6) is 0. The van der Waals surface area contributed by atoms with Crippen LogP contribution < -0.4 is 10.6 Å². The minimum Gasteiger partial charge on any atom is -0.338 e. The predicted molar refractivity (Wildman–Crippen MR) is 98.7 cm³/mol. The molecular weight excluding hydrogens is 332 g/mol. The lowest BCUT2D eigenvalue weighted by atomic mass is 10.3. The fraction of sp³-hybridized carbons (Fsp3) is 0.500. The van der Waals surface area contributed by atoms with Gasteiger partial charge < -0.3 is 10.2 Å². The van der Waals surface area contributed by atoms with Crippen LogP contribution in [0.25, 0.3) is 10.2 Å². The molecule has 2 aromatic rings. The Morgan fingerprint density at radius 2 is 2.09 bits per heavy atom. The maximum Gasteiger partial charge on any atom is 0.321 e. The average Bonchev–Trinajstić information content (AvgIpc) is 2.92. The first kappa shape index (κ1) is 18.0. The number of hydrogen-bond donors (Lipinski definition) is 2. The van der Waals surface area contributed by atoms with E-state index in [1.165, 1.54) is 11.3 Å². The lowest BCUT2D eigenvalue weighted by molar-refractivity contribution is 0.251. The lowest BCUT2D eigenvalue weighted by Gasteiger charge is -2.17. The Bertz CT molecular complexity index is 642. The summed E-state index contributed by atoms with van der Waals surface area (Å²) >= 11 is 7.37. The first-order valence-corrected chi connectivity index (χ1v) is 9.15. The van der Waals surface area contributed by atoms with Gasteiger partial charge in [0.25, 0.3) is 0 Å². The van der Waals surface area contributed by atoms with Crippen molar-refractivity contribution in [2.45, 2.75) is 26.7 Å². The Morgan fingerprint density at radius 3 is 2.83 bits per heavy atom. The van der Waals surface area contributed by atoms with Crippen LogP contribution in [0.4, 0.5) is 9.93 Å². The first-order chi connectivity index (χ1) is 11.1. The van der Waals surface area contributed by atoms with Crippen molar-refractivity contribution in [3.05, 3.63) is 23.2 Å². The van der Waals surface area contributed by atoms with Gasteiger partial charge in [-0.2, -0.15) is 0 Å². The van der Waals surface area contributed by atoms with Crippen LogP contribution in [0.3, 0.4) is 0 Å². The molecule has 1 heterocycles. The van der Waals surface area contributed by atoms with Crippen LogP contribution >= 0.6 is 22.9 Å². The van der Waals surface area contributed by atoms with Gasteiger partial charge in [0, 0.05) is 11.6 Å². The molecule has 0 radical (unpaired) electrons. The number of hydrogen-bond acceptors (Lipinski definition) is 4. The minimum atomic E-state index is -0.210. The van der Waals surface area contributed by atoms with E-state index in [2.05, 4.69) is 34.4 Å². The number of thiazole rings is 1. The molecule has 0 aliphatic carbocycles. The third-order valence-electron chi connectivity index (χ3n) is 3.65. The molecule has 2 rings (SSSR count). The van der Waals surface area contributed by atoms with Gasteiger partial charge in [0.05, 0.1) is 10.2 Å². The summed E-state index contributed by atoms with van der Waals surface area (Å²) in [6.07, 6.45) is 2.06. The number of halogens is 1. The molecule has 0 unspecified atom stereocenters. The Labute approximate surface area is 146 Å². The van der Waals surface area contributed by atoms with Crippen molar-refractivity contribution < 1.29 is 4.79 Å². The molecule has 0 saturated carbocycles. The summed E-state index contributed by atoms with van der Waals surface area (Å²) in [6, 6.07) is 5.29. The van der Waals surface area contributed by atoms with Crippen LogP contribution in [0.5, 0.6) is 0 Å². The molecule has 0 spiro atoms. The number of unbranched alkanes of at least 4 members (excludes halogenated alkanes) is 1. The molecule has 1 aromatic carbocycles. The van der Waals surface area contributed by atoms with Crippen LogP contribution in [0.1, 0.15) is 26.7 Å². The van der Waals surface area contributed by atoms with Gasteiger partial charge >= 0.3 is 6.03 Å². The summed E-state index contributed by atoms with van der Waals surface area (Å²) in [5, 5.41) is 6.90. The average molecular weight is 355 g/mol. The number of amides is 2. The second-order valence-electron chi connectivity index (χ2n) is 5.25. The smallest absolute Gasteiger partial charge is 0.321 e. The zero-order valence-electron chi connectivity index (χ0n) is 13.6. The highest BCUT2D eigenvalue weighted by Gasteiger charge is 2.07. The van der Waals surface area contributed by atoms with Crippen molar-refractivity contribution in [3.63, 3.8) is 0 Å². The number of aromatic nitrogens is 1. The normalized spacial score (nSPS) is 11.1. The van der Waals surface area contributed by atoms with Crippen LogP contribution in [-0.2, 0) is 0 Å². The lowest BCUT2D eigenvalue weighted by Crippen LogP contribution is -2.30. The summed E-state index contributed by atoms with van der Waals surface area (Å²) in [6.45, 7) is 8.23. The van der Waals surface area contributed by atoms with E-state index in [1.807, 2.05) is 12.1 Å². The Kier molecular flexibility index (Phi) is 7.08. The topological polar surface area (TPSA) is 57.3 Å². The Morgan fingerprint density at radius 1 is 1.30 bits per heavy atom. The molecule has 1 aromatic heterocycles. The zero-order valence-corrected chi connectivity index (χ0v) is 15.1. The SMILES string of the molecule is CCN(CC)CCCCNC(=O)Nc1nc2ccc(Cl)cc2s1. The molecule has 0 atom stereocenters. The van der Waals surface area contributed by atoms with Crippen LogP contribution in [-0.4, -0.2) is 42.1 Å². The molecular formula is C16H23ClN4OS. The van der Waals surface area contributed by atoms with E-state index in [9.17, 15) is 4.79 Å². The van der Waals surface area contributed by atoms with Gasteiger partial charge in [-0.05, 0) is 50.7 Å². The highest BCUT2D eigenvalue weighted by atomic mass is 35.5. The number of rotatable bonds is 8. The molecule has 0 saturated heterocycles. The summed E-state index contributed by atoms with van der Waals surface area (Å²) in [5.41, 5.74) is 0.842. The van der Waals surface area contributed by atoms with E-state index in [4.69, 9.17) is 11.6 Å². The fourth-order valence-corrected chi connectivity index (χ4v) is 3.43. The van der Waals surface area contributed by atoms with Crippen LogP contribution in [0, 0.1) is 0 Å². The number of urea groups is 1. The number of anilines is 1. The second kappa shape index (κ2) is 9.05. The molecule has 2 N–H and O–H groups in total. The summed E-state index contributed by atoms with van der Waals surface area (Å²) < 4.78 is 0.965. The van der Waals surface area contributed by atoms with E-state index in [0.29, 0.717) is 16.7 Å². The molecule has 5 nitrogen and oxygen atoms in total. The van der Waals surface area contributed by atoms with E-state index in [-0.39, 0.29) is 6.03 Å². The highest BCUT2D eigenvalue weighted by molar-refractivity contribution is 7.22. The van der Waals surface area contributed by atoms with Gasteiger partial charge in [0.15, 0.2) is 5.13 Å². The first-order valence-electron chi connectivity index (χ1n) is 7.95. The van der Waals surface area contributed by atoms with Crippen molar-refractivity contribution >= 4 is 44.3 Å².